The molecule has 3 N–H and O–H groups in total. The van der Waals surface area contributed by atoms with E-state index >= 15 is 0 Å². The third-order valence-corrected chi connectivity index (χ3v) is 2.76. The number of carbonyl (C=O) groups is 1. The average molecular weight is 253 g/mol. The standard InChI is InChI=1S/C10H18F3N3O/c1-7(8-4-2-3-5-14-8)16-9(17)15-6-10(11,12)13/h7-8,14H,2-6H2,1H3,(H2,15,16,17). The van der Waals surface area contributed by atoms with E-state index in [1.807, 2.05) is 0 Å². The molecule has 2 unspecified atom stereocenters. The van der Waals surface area contributed by atoms with E-state index in [0.717, 1.165) is 25.8 Å². The van der Waals surface area contributed by atoms with Crippen LogP contribution in [-0.4, -0.2) is 37.4 Å². The number of alkyl halides is 3. The minimum absolute atomic E-state index is 0.139. The molecule has 0 spiro atoms. The molecule has 0 aromatic heterocycles. The second kappa shape index (κ2) is 6.09. The fourth-order valence-corrected chi connectivity index (χ4v) is 1.84. The zero-order valence-electron chi connectivity index (χ0n) is 9.73. The van der Waals surface area contributed by atoms with Gasteiger partial charge in [0.25, 0.3) is 0 Å². The van der Waals surface area contributed by atoms with Crippen molar-refractivity contribution >= 4 is 6.03 Å². The van der Waals surface area contributed by atoms with Crippen molar-refractivity contribution in [2.75, 3.05) is 13.1 Å². The smallest absolute Gasteiger partial charge is 0.334 e. The SMILES string of the molecule is CC(NC(=O)NCC(F)(F)F)C1CCCCN1. The quantitative estimate of drug-likeness (QED) is 0.711. The molecule has 1 saturated heterocycles. The minimum atomic E-state index is -4.37. The van der Waals surface area contributed by atoms with Gasteiger partial charge >= 0.3 is 12.2 Å². The van der Waals surface area contributed by atoms with Crippen LogP contribution < -0.4 is 16.0 Å². The Hall–Kier alpha value is -0.980. The van der Waals surface area contributed by atoms with Gasteiger partial charge in [-0.1, -0.05) is 6.42 Å². The van der Waals surface area contributed by atoms with Crippen molar-refractivity contribution in [1.29, 1.82) is 0 Å². The van der Waals surface area contributed by atoms with Gasteiger partial charge in [0.15, 0.2) is 0 Å². The van der Waals surface area contributed by atoms with E-state index in [-0.39, 0.29) is 12.1 Å². The number of piperidine rings is 1. The topological polar surface area (TPSA) is 53.2 Å². The second-order valence-corrected chi connectivity index (χ2v) is 4.29. The number of urea groups is 1. The zero-order chi connectivity index (χ0) is 12.9. The predicted molar refractivity (Wildman–Crippen MR) is 57.7 cm³/mol. The van der Waals surface area contributed by atoms with Gasteiger partial charge in [0.1, 0.15) is 6.54 Å². The van der Waals surface area contributed by atoms with Gasteiger partial charge in [0.2, 0.25) is 0 Å². The zero-order valence-corrected chi connectivity index (χ0v) is 9.73. The summed E-state index contributed by atoms with van der Waals surface area (Å²) in [6.45, 7) is 1.38. The summed E-state index contributed by atoms with van der Waals surface area (Å²) in [5, 5.41) is 7.53. The molecule has 2 amide bonds. The molecular formula is C10H18F3N3O. The Labute approximate surface area is 98.3 Å². The molecule has 0 radical (unpaired) electrons. The van der Waals surface area contributed by atoms with Crippen molar-refractivity contribution in [3.63, 3.8) is 0 Å². The lowest BCUT2D eigenvalue weighted by Crippen LogP contribution is -2.53. The van der Waals surface area contributed by atoms with E-state index < -0.39 is 18.8 Å². The highest BCUT2D eigenvalue weighted by molar-refractivity contribution is 5.74. The Morgan fingerprint density at radius 3 is 2.71 bits per heavy atom. The summed E-state index contributed by atoms with van der Waals surface area (Å²) < 4.78 is 35.6. The molecule has 0 bridgehead atoms. The Kier molecular flexibility index (Phi) is 5.04. The van der Waals surface area contributed by atoms with Crippen LogP contribution in [0.4, 0.5) is 18.0 Å². The van der Waals surface area contributed by atoms with Crippen molar-refractivity contribution in [2.24, 2.45) is 0 Å². The molecule has 2 atom stereocenters. The highest BCUT2D eigenvalue weighted by atomic mass is 19.4. The van der Waals surface area contributed by atoms with Gasteiger partial charge in [0.05, 0.1) is 0 Å². The van der Waals surface area contributed by atoms with Crippen molar-refractivity contribution < 1.29 is 18.0 Å². The van der Waals surface area contributed by atoms with Gasteiger partial charge in [0, 0.05) is 12.1 Å². The normalized spacial score (nSPS) is 22.9. The molecule has 4 nitrogen and oxygen atoms in total. The highest BCUT2D eigenvalue weighted by Crippen LogP contribution is 2.12. The Bertz CT molecular complexity index is 252. The number of hydrogen-bond acceptors (Lipinski definition) is 2. The maximum atomic E-state index is 11.9. The summed E-state index contributed by atoms with van der Waals surface area (Å²) in [5.41, 5.74) is 0. The first-order valence-electron chi connectivity index (χ1n) is 5.73. The number of halogens is 3. The fourth-order valence-electron chi connectivity index (χ4n) is 1.84. The fraction of sp³-hybridized carbons (Fsp3) is 0.900. The second-order valence-electron chi connectivity index (χ2n) is 4.29. The van der Waals surface area contributed by atoms with Gasteiger partial charge in [-0.3, -0.25) is 0 Å². The third kappa shape index (κ3) is 5.76. The lowest BCUT2D eigenvalue weighted by Gasteiger charge is -2.29. The van der Waals surface area contributed by atoms with Crippen LogP contribution >= 0.6 is 0 Å². The maximum Gasteiger partial charge on any atom is 0.405 e. The summed E-state index contributed by atoms with van der Waals surface area (Å²) in [6.07, 6.45) is -1.26. The lowest BCUT2D eigenvalue weighted by atomic mass is 9.99. The number of hydrogen-bond donors (Lipinski definition) is 3. The van der Waals surface area contributed by atoms with Crippen molar-refractivity contribution in [3.8, 4) is 0 Å². The first kappa shape index (κ1) is 14.1. The van der Waals surface area contributed by atoms with E-state index in [4.69, 9.17) is 0 Å². The molecule has 1 rings (SSSR count). The molecule has 7 heteroatoms. The minimum Gasteiger partial charge on any atom is -0.334 e. The Balaban J connectivity index is 2.25. The largest absolute Gasteiger partial charge is 0.405 e. The molecule has 0 saturated carbocycles. The summed E-state index contributed by atoms with van der Waals surface area (Å²) in [6, 6.07) is -0.814. The van der Waals surface area contributed by atoms with Crippen LogP contribution in [0.5, 0.6) is 0 Å². The number of nitrogens with one attached hydrogen (secondary N) is 3. The molecule has 0 aliphatic carbocycles. The van der Waals surface area contributed by atoms with Crippen LogP contribution in [0.2, 0.25) is 0 Å². The molecule has 1 aliphatic rings. The molecule has 1 aliphatic heterocycles. The van der Waals surface area contributed by atoms with E-state index in [1.165, 1.54) is 0 Å². The Morgan fingerprint density at radius 1 is 1.47 bits per heavy atom. The maximum absolute atomic E-state index is 11.9. The molecule has 1 heterocycles. The molecule has 17 heavy (non-hydrogen) atoms. The summed E-state index contributed by atoms with van der Waals surface area (Å²) >= 11 is 0. The third-order valence-electron chi connectivity index (χ3n) is 2.76. The monoisotopic (exact) mass is 253 g/mol. The van der Waals surface area contributed by atoms with Gasteiger partial charge in [-0.15, -0.1) is 0 Å². The number of carbonyl (C=O) groups excluding carboxylic acids is 1. The summed E-state index contributed by atoms with van der Waals surface area (Å²) in [5.74, 6) is 0. The van der Waals surface area contributed by atoms with E-state index in [1.54, 1.807) is 12.2 Å². The molecular weight excluding hydrogens is 235 g/mol. The Morgan fingerprint density at radius 2 is 2.18 bits per heavy atom. The first-order valence-corrected chi connectivity index (χ1v) is 5.73. The summed E-state index contributed by atoms with van der Waals surface area (Å²) in [4.78, 5) is 11.2. The highest BCUT2D eigenvalue weighted by Gasteiger charge is 2.28. The van der Waals surface area contributed by atoms with Gasteiger partial charge in [-0.05, 0) is 26.3 Å². The number of amides is 2. The van der Waals surface area contributed by atoms with Crippen LogP contribution in [0.3, 0.4) is 0 Å². The van der Waals surface area contributed by atoms with Crippen molar-refractivity contribution in [2.45, 2.75) is 44.4 Å². The van der Waals surface area contributed by atoms with Crippen LogP contribution in [0.25, 0.3) is 0 Å². The predicted octanol–water partition coefficient (Wildman–Crippen LogP) is 1.38. The van der Waals surface area contributed by atoms with Gasteiger partial charge < -0.3 is 16.0 Å². The van der Waals surface area contributed by atoms with Crippen LogP contribution in [0, 0.1) is 0 Å². The lowest BCUT2D eigenvalue weighted by molar-refractivity contribution is -0.122. The molecule has 0 aromatic carbocycles. The van der Waals surface area contributed by atoms with E-state index in [9.17, 15) is 18.0 Å². The molecule has 100 valence electrons. The van der Waals surface area contributed by atoms with Crippen molar-refractivity contribution in [1.82, 2.24) is 16.0 Å². The van der Waals surface area contributed by atoms with Crippen molar-refractivity contribution in [3.05, 3.63) is 0 Å². The first-order chi connectivity index (χ1) is 7.88. The number of rotatable bonds is 3. The van der Waals surface area contributed by atoms with Crippen LogP contribution in [-0.2, 0) is 0 Å². The van der Waals surface area contributed by atoms with Crippen LogP contribution in [0.15, 0.2) is 0 Å². The molecule has 0 aromatic rings. The van der Waals surface area contributed by atoms with E-state index in [2.05, 4.69) is 10.6 Å². The average Bonchev–Trinajstić information content (AvgIpc) is 2.27. The van der Waals surface area contributed by atoms with Gasteiger partial charge in [-0.25, -0.2) is 4.79 Å². The van der Waals surface area contributed by atoms with Crippen LogP contribution in [0.1, 0.15) is 26.2 Å². The molecule has 1 fully saturated rings. The summed E-state index contributed by atoms with van der Waals surface area (Å²) in [7, 11) is 0. The van der Waals surface area contributed by atoms with E-state index in [0.29, 0.717) is 0 Å². The van der Waals surface area contributed by atoms with Gasteiger partial charge in [-0.2, -0.15) is 13.2 Å².